The van der Waals surface area contributed by atoms with Gasteiger partial charge in [0.15, 0.2) is 5.76 Å². The van der Waals surface area contributed by atoms with Crippen molar-refractivity contribution < 1.29 is 12.9 Å². The van der Waals surface area contributed by atoms with Crippen molar-refractivity contribution in [3.05, 3.63) is 69.9 Å². The molecule has 0 aliphatic carbocycles. The second kappa shape index (κ2) is 7.84. The van der Waals surface area contributed by atoms with Crippen molar-refractivity contribution in [2.45, 2.75) is 32.1 Å². The average Bonchev–Trinajstić information content (AvgIpc) is 2.96. The summed E-state index contributed by atoms with van der Waals surface area (Å²) >= 11 is 5.87. The van der Waals surface area contributed by atoms with Crippen molar-refractivity contribution in [3.8, 4) is 11.3 Å². The lowest BCUT2D eigenvalue weighted by Crippen LogP contribution is -2.26. The van der Waals surface area contributed by atoms with Gasteiger partial charge < -0.3 is 4.52 Å². The van der Waals surface area contributed by atoms with E-state index >= 15 is 0 Å². The van der Waals surface area contributed by atoms with E-state index < -0.39 is 10.0 Å². The quantitative estimate of drug-likeness (QED) is 0.659. The highest BCUT2D eigenvalue weighted by molar-refractivity contribution is 7.89. The van der Waals surface area contributed by atoms with E-state index in [9.17, 15) is 8.42 Å². The van der Waals surface area contributed by atoms with E-state index in [1.54, 1.807) is 31.2 Å². The number of aryl methyl sites for hydroxylation is 2. The predicted octanol–water partition coefficient (Wildman–Crippen LogP) is 4.44. The summed E-state index contributed by atoms with van der Waals surface area (Å²) in [5.41, 5.74) is 4.07. The number of hydrogen-bond donors (Lipinski definition) is 1. The van der Waals surface area contributed by atoms with Gasteiger partial charge in [-0.05, 0) is 56.5 Å². The highest BCUT2D eigenvalue weighted by atomic mass is 35.5. The van der Waals surface area contributed by atoms with E-state index in [0.717, 1.165) is 16.8 Å². The normalized spacial score (nSPS) is 11.7. The van der Waals surface area contributed by atoms with E-state index in [2.05, 4.69) is 9.88 Å². The fourth-order valence-electron chi connectivity index (χ4n) is 2.77. The predicted molar refractivity (Wildman–Crippen MR) is 106 cm³/mol. The Bertz CT molecular complexity index is 1060. The molecule has 0 aliphatic heterocycles. The van der Waals surface area contributed by atoms with Gasteiger partial charge in [-0.25, -0.2) is 13.1 Å². The Balaban J connectivity index is 1.80. The van der Waals surface area contributed by atoms with E-state index in [1.165, 1.54) is 0 Å². The van der Waals surface area contributed by atoms with Gasteiger partial charge in [-0.3, -0.25) is 0 Å². The minimum absolute atomic E-state index is 0.240. The summed E-state index contributed by atoms with van der Waals surface area (Å²) in [6.45, 7) is 5.83. The van der Waals surface area contributed by atoms with Gasteiger partial charge in [-0.1, -0.05) is 41.0 Å². The van der Waals surface area contributed by atoms with Crippen molar-refractivity contribution in [1.82, 2.24) is 9.88 Å². The van der Waals surface area contributed by atoms with Crippen molar-refractivity contribution in [2.24, 2.45) is 0 Å². The molecule has 0 fully saturated rings. The zero-order chi connectivity index (χ0) is 19.6. The van der Waals surface area contributed by atoms with Gasteiger partial charge in [0.2, 0.25) is 10.0 Å². The summed E-state index contributed by atoms with van der Waals surface area (Å²) in [6, 6.07) is 12.6. The molecule has 0 saturated heterocycles. The molecule has 1 N–H and O–H groups in total. The molecule has 0 saturated carbocycles. The van der Waals surface area contributed by atoms with Gasteiger partial charge in [0.25, 0.3) is 0 Å². The third kappa shape index (κ3) is 4.40. The largest absolute Gasteiger partial charge is 0.356 e. The summed E-state index contributed by atoms with van der Waals surface area (Å²) < 4.78 is 33.6. The van der Waals surface area contributed by atoms with Crippen LogP contribution in [0.15, 0.2) is 51.9 Å². The maximum atomic E-state index is 12.8. The number of halogens is 1. The smallest absolute Gasteiger partial charge is 0.240 e. The zero-order valence-corrected chi connectivity index (χ0v) is 17.0. The highest BCUT2D eigenvalue weighted by Crippen LogP contribution is 2.28. The minimum Gasteiger partial charge on any atom is -0.356 e. The van der Waals surface area contributed by atoms with Gasteiger partial charge in [0.1, 0.15) is 0 Å². The average molecular weight is 405 g/mol. The van der Waals surface area contributed by atoms with Crippen LogP contribution in [0.4, 0.5) is 0 Å². The van der Waals surface area contributed by atoms with E-state index in [-0.39, 0.29) is 4.90 Å². The third-order valence-corrected chi connectivity index (χ3v) is 6.37. The van der Waals surface area contributed by atoms with Crippen molar-refractivity contribution >= 4 is 21.6 Å². The van der Waals surface area contributed by atoms with Gasteiger partial charge in [0.05, 0.1) is 10.6 Å². The Morgan fingerprint density at radius 2 is 1.78 bits per heavy atom. The number of benzene rings is 2. The molecular weight excluding hydrogens is 384 g/mol. The van der Waals surface area contributed by atoms with Crippen molar-refractivity contribution in [2.75, 3.05) is 6.54 Å². The van der Waals surface area contributed by atoms with Crippen LogP contribution in [0.1, 0.15) is 22.4 Å². The Kier molecular flexibility index (Phi) is 5.69. The van der Waals surface area contributed by atoms with E-state index in [1.807, 2.05) is 32.0 Å². The molecule has 1 heterocycles. The molecule has 27 heavy (non-hydrogen) atoms. The van der Waals surface area contributed by atoms with Crippen LogP contribution in [0.3, 0.4) is 0 Å². The molecular formula is C20H21ClN2O3S. The molecule has 7 heteroatoms. The van der Waals surface area contributed by atoms with Crippen LogP contribution in [-0.2, 0) is 16.4 Å². The molecule has 0 radical (unpaired) electrons. The molecule has 3 aromatic rings. The van der Waals surface area contributed by atoms with Gasteiger partial charge >= 0.3 is 0 Å². The van der Waals surface area contributed by atoms with Crippen LogP contribution in [0.25, 0.3) is 11.3 Å². The Morgan fingerprint density at radius 3 is 2.41 bits per heavy atom. The maximum Gasteiger partial charge on any atom is 0.240 e. The van der Waals surface area contributed by atoms with Gasteiger partial charge in [-0.15, -0.1) is 0 Å². The molecule has 5 nitrogen and oxygen atoms in total. The number of rotatable bonds is 6. The Labute approximate surface area is 164 Å². The number of sulfonamides is 1. The maximum absolute atomic E-state index is 12.8. The van der Waals surface area contributed by atoms with E-state index in [4.69, 9.17) is 16.1 Å². The molecule has 3 rings (SSSR count). The molecule has 0 atom stereocenters. The lowest BCUT2D eigenvalue weighted by molar-refractivity contribution is 0.426. The standard InChI is InChI=1S/C20H21ClN2O3S/c1-13-4-7-17(20-14(2)15(3)23-26-20)12-19(13)27(24,25)22-11-10-16-5-8-18(21)9-6-16/h4-9,12,22H,10-11H2,1-3H3. The molecule has 0 unspecified atom stereocenters. The fraction of sp³-hybridized carbons (Fsp3) is 0.250. The monoisotopic (exact) mass is 404 g/mol. The van der Waals surface area contributed by atoms with Crippen molar-refractivity contribution in [1.29, 1.82) is 0 Å². The minimum atomic E-state index is -3.64. The molecule has 0 bridgehead atoms. The van der Waals surface area contributed by atoms with Crippen LogP contribution < -0.4 is 4.72 Å². The molecule has 142 valence electrons. The first-order valence-electron chi connectivity index (χ1n) is 8.56. The van der Waals surface area contributed by atoms with Crippen LogP contribution in [-0.4, -0.2) is 20.1 Å². The topological polar surface area (TPSA) is 72.2 Å². The van der Waals surface area contributed by atoms with Crippen LogP contribution >= 0.6 is 11.6 Å². The Morgan fingerprint density at radius 1 is 1.07 bits per heavy atom. The molecule has 0 amide bonds. The summed E-state index contributed by atoms with van der Waals surface area (Å²) in [7, 11) is -3.64. The number of aromatic nitrogens is 1. The first-order valence-corrected chi connectivity index (χ1v) is 10.4. The fourth-order valence-corrected chi connectivity index (χ4v) is 4.20. The summed E-state index contributed by atoms with van der Waals surface area (Å²) in [5, 5.41) is 4.60. The van der Waals surface area contributed by atoms with Crippen LogP contribution in [0.5, 0.6) is 0 Å². The third-order valence-electron chi connectivity index (χ3n) is 4.52. The Hall–Kier alpha value is -2.15. The number of nitrogens with one attached hydrogen (secondary N) is 1. The lowest BCUT2D eigenvalue weighted by atomic mass is 10.1. The SMILES string of the molecule is Cc1ccc(-c2onc(C)c2C)cc1S(=O)(=O)NCCc1ccc(Cl)cc1. The second-order valence-corrected chi connectivity index (χ2v) is 8.65. The molecule has 0 aliphatic rings. The summed E-state index contributed by atoms with van der Waals surface area (Å²) in [6.07, 6.45) is 0.579. The molecule has 2 aromatic carbocycles. The van der Waals surface area contributed by atoms with Crippen LogP contribution in [0.2, 0.25) is 5.02 Å². The summed E-state index contributed by atoms with van der Waals surface area (Å²) in [5.74, 6) is 0.588. The number of hydrogen-bond acceptors (Lipinski definition) is 4. The van der Waals surface area contributed by atoms with Crippen LogP contribution in [0, 0.1) is 20.8 Å². The molecule has 1 aromatic heterocycles. The zero-order valence-electron chi connectivity index (χ0n) is 15.4. The number of nitrogens with zero attached hydrogens (tertiary/aromatic N) is 1. The van der Waals surface area contributed by atoms with E-state index in [0.29, 0.717) is 34.9 Å². The summed E-state index contributed by atoms with van der Waals surface area (Å²) in [4.78, 5) is 0.240. The van der Waals surface area contributed by atoms with Gasteiger partial charge in [0, 0.05) is 22.7 Å². The van der Waals surface area contributed by atoms with Gasteiger partial charge in [-0.2, -0.15) is 0 Å². The first kappa shape index (κ1) is 19.6. The first-order chi connectivity index (χ1) is 12.8. The molecule has 0 spiro atoms. The lowest BCUT2D eigenvalue weighted by Gasteiger charge is -2.11. The highest BCUT2D eigenvalue weighted by Gasteiger charge is 2.19. The van der Waals surface area contributed by atoms with Crippen molar-refractivity contribution in [3.63, 3.8) is 0 Å². The second-order valence-electron chi connectivity index (χ2n) is 6.48.